The number of halogens is 1. The van der Waals surface area contributed by atoms with Gasteiger partial charge >= 0.3 is 0 Å². The molecule has 1 aliphatic heterocycles. The second-order valence-corrected chi connectivity index (χ2v) is 8.22. The average Bonchev–Trinajstić information content (AvgIpc) is 3.11. The van der Waals surface area contributed by atoms with Crippen molar-refractivity contribution in [1.82, 2.24) is 10.2 Å². The summed E-state index contributed by atoms with van der Waals surface area (Å²) in [6.45, 7) is 6.06. The van der Waals surface area contributed by atoms with E-state index in [1.807, 2.05) is 0 Å². The van der Waals surface area contributed by atoms with Crippen LogP contribution in [-0.4, -0.2) is 37.0 Å². The van der Waals surface area contributed by atoms with Gasteiger partial charge in [-0.1, -0.05) is 31.2 Å². The first kappa shape index (κ1) is 19.4. The Hall–Kier alpha value is -1.36. The molecule has 0 unspecified atom stereocenters. The number of amides is 1. The highest BCUT2D eigenvalue weighted by Crippen LogP contribution is 2.40. The van der Waals surface area contributed by atoms with Gasteiger partial charge in [0.05, 0.1) is 4.88 Å². The summed E-state index contributed by atoms with van der Waals surface area (Å²) in [6, 6.07) is 10.8. The van der Waals surface area contributed by atoms with Gasteiger partial charge in [-0.2, -0.15) is 0 Å². The lowest BCUT2D eigenvalue weighted by Gasteiger charge is -2.31. The van der Waals surface area contributed by atoms with Crippen molar-refractivity contribution in [2.45, 2.75) is 32.6 Å². The molecule has 5 heteroatoms. The molecule has 1 fully saturated rings. The number of aryl methyl sites for hydroxylation is 2. The molecule has 1 amide bonds. The minimum atomic E-state index is 0. The number of nitrogens with one attached hydrogen (secondary N) is 1. The van der Waals surface area contributed by atoms with Gasteiger partial charge in [0.1, 0.15) is 0 Å². The summed E-state index contributed by atoms with van der Waals surface area (Å²) in [7, 11) is 0. The number of hydrogen-bond acceptors (Lipinski definition) is 3. The lowest BCUT2D eigenvalue weighted by Crippen LogP contribution is -2.40. The molecule has 1 aliphatic carbocycles. The monoisotopic (exact) mass is 390 g/mol. The zero-order valence-electron chi connectivity index (χ0n) is 15.3. The van der Waals surface area contributed by atoms with Crippen LogP contribution in [0.25, 0.3) is 10.4 Å². The van der Waals surface area contributed by atoms with Crippen molar-refractivity contribution in [2.24, 2.45) is 5.92 Å². The van der Waals surface area contributed by atoms with Gasteiger partial charge in [-0.15, -0.1) is 23.7 Å². The molecule has 2 aromatic rings. The molecule has 3 nitrogen and oxygen atoms in total. The second-order valence-electron chi connectivity index (χ2n) is 7.17. The molecule has 2 aliphatic rings. The van der Waals surface area contributed by atoms with Crippen molar-refractivity contribution in [3.05, 3.63) is 46.3 Å². The van der Waals surface area contributed by atoms with Crippen molar-refractivity contribution in [3.63, 3.8) is 0 Å². The van der Waals surface area contributed by atoms with E-state index >= 15 is 0 Å². The highest BCUT2D eigenvalue weighted by molar-refractivity contribution is 7.17. The Bertz CT molecular complexity index is 765. The number of rotatable bonds is 4. The number of nitrogens with zero attached hydrogens (tertiary/aromatic N) is 1. The number of carbonyl (C=O) groups excluding carboxylic acids is 1. The number of fused-ring (bicyclic) bond motifs is 3. The standard InChI is InChI=1S/C21H26N2OS.ClH/c1-2-22-14-15-9-11-23(12-10-15)21(24)19-13-17-8-7-16-5-3-4-6-18(16)20(17)25-19;/h3-6,13,15,22H,2,7-12,14H2,1H3;1H. The molecule has 0 radical (unpaired) electrons. The van der Waals surface area contributed by atoms with E-state index in [1.165, 1.54) is 21.6 Å². The van der Waals surface area contributed by atoms with Crippen molar-refractivity contribution >= 4 is 29.7 Å². The largest absolute Gasteiger partial charge is 0.338 e. The maximum Gasteiger partial charge on any atom is 0.263 e. The van der Waals surface area contributed by atoms with E-state index in [-0.39, 0.29) is 18.3 Å². The first-order valence-electron chi connectivity index (χ1n) is 9.47. The van der Waals surface area contributed by atoms with Gasteiger partial charge in [-0.05, 0) is 67.4 Å². The van der Waals surface area contributed by atoms with Crippen LogP contribution in [-0.2, 0) is 12.8 Å². The van der Waals surface area contributed by atoms with Crippen LogP contribution >= 0.6 is 23.7 Å². The predicted molar refractivity (Wildman–Crippen MR) is 112 cm³/mol. The zero-order chi connectivity index (χ0) is 17.2. The molecule has 140 valence electrons. The summed E-state index contributed by atoms with van der Waals surface area (Å²) in [5.41, 5.74) is 4.10. The molecular formula is C21H27ClN2OS. The molecule has 0 atom stereocenters. The molecule has 26 heavy (non-hydrogen) atoms. The average molecular weight is 391 g/mol. The van der Waals surface area contributed by atoms with Gasteiger partial charge in [0, 0.05) is 18.0 Å². The third kappa shape index (κ3) is 3.83. The van der Waals surface area contributed by atoms with Gasteiger partial charge in [0.25, 0.3) is 5.91 Å². The Kier molecular flexibility index (Phi) is 6.38. The molecule has 0 saturated carbocycles. The Labute approximate surface area is 166 Å². The molecule has 1 saturated heterocycles. The van der Waals surface area contributed by atoms with E-state index in [0.717, 1.165) is 56.7 Å². The Balaban J connectivity index is 0.00000196. The molecule has 1 aromatic carbocycles. The molecular weight excluding hydrogens is 364 g/mol. The fraction of sp³-hybridized carbons (Fsp3) is 0.476. The maximum absolute atomic E-state index is 13.0. The fourth-order valence-corrected chi connectivity index (χ4v) is 5.26. The number of piperidine rings is 1. The summed E-state index contributed by atoms with van der Waals surface area (Å²) in [5.74, 6) is 0.950. The van der Waals surface area contributed by atoms with Crippen LogP contribution in [0.2, 0.25) is 0 Å². The summed E-state index contributed by atoms with van der Waals surface area (Å²) in [6.07, 6.45) is 4.38. The van der Waals surface area contributed by atoms with Gasteiger partial charge in [-0.3, -0.25) is 4.79 Å². The quantitative estimate of drug-likeness (QED) is 0.839. The van der Waals surface area contributed by atoms with E-state index in [1.54, 1.807) is 11.3 Å². The normalized spacial score (nSPS) is 16.6. The summed E-state index contributed by atoms with van der Waals surface area (Å²) < 4.78 is 0. The van der Waals surface area contributed by atoms with Gasteiger partial charge < -0.3 is 10.2 Å². The van der Waals surface area contributed by atoms with Crippen LogP contribution in [0.5, 0.6) is 0 Å². The molecule has 0 bridgehead atoms. The second kappa shape index (κ2) is 8.55. The zero-order valence-corrected chi connectivity index (χ0v) is 16.9. The number of carbonyl (C=O) groups is 1. The smallest absolute Gasteiger partial charge is 0.263 e. The Morgan fingerprint density at radius 1 is 1.19 bits per heavy atom. The van der Waals surface area contributed by atoms with Crippen LogP contribution in [0, 0.1) is 5.92 Å². The highest BCUT2D eigenvalue weighted by Gasteiger charge is 2.27. The molecule has 1 aromatic heterocycles. The van der Waals surface area contributed by atoms with Crippen molar-refractivity contribution in [3.8, 4) is 10.4 Å². The van der Waals surface area contributed by atoms with Crippen molar-refractivity contribution < 1.29 is 4.79 Å². The van der Waals surface area contributed by atoms with E-state index in [2.05, 4.69) is 47.5 Å². The molecule has 1 N–H and O–H groups in total. The van der Waals surface area contributed by atoms with E-state index < -0.39 is 0 Å². The van der Waals surface area contributed by atoms with Gasteiger partial charge in [-0.25, -0.2) is 0 Å². The number of likely N-dealkylation sites (tertiary alicyclic amines) is 1. The molecule has 0 spiro atoms. The van der Waals surface area contributed by atoms with Crippen LogP contribution in [0.3, 0.4) is 0 Å². The van der Waals surface area contributed by atoms with Crippen molar-refractivity contribution in [2.75, 3.05) is 26.2 Å². The highest BCUT2D eigenvalue weighted by atomic mass is 35.5. The summed E-state index contributed by atoms with van der Waals surface area (Å²) in [4.78, 5) is 17.3. The fourth-order valence-electron chi connectivity index (χ4n) is 4.02. The maximum atomic E-state index is 13.0. The third-order valence-electron chi connectivity index (χ3n) is 5.53. The molecule has 2 heterocycles. The first-order chi connectivity index (χ1) is 12.3. The lowest BCUT2D eigenvalue weighted by atomic mass is 9.91. The Morgan fingerprint density at radius 2 is 1.92 bits per heavy atom. The summed E-state index contributed by atoms with van der Waals surface area (Å²) in [5, 5.41) is 3.43. The van der Waals surface area contributed by atoms with E-state index in [4.69, 9.17) is 0 Å². The van der Waals surface area contributed by atoms with Crippen LogP contribution in [0.15, 0.2) is 30.3 Å². The van der Waals surface area contributed by atoms with Crippen LogP contribution < -0.4 is 5.32 Å². The Morgan fingerprint density at radius 3 is 2.69 bits per heavy atom. The van der Waals surface area contributed by atoms with E-state index in [0.29, 0.717) is 5.92 Å². The number of thiophene rings is 1. The van der Waals surface area contributed by atoms with Crippen LogP contribution in [0.1, 0.15) is 40.6 Å². The molecule has 4 rings (SSSR count). The lowest BCUT2D eigenvalue weighted by molar-refractivity contribution is 0.0695. The van der Waals surface area contributed by atoms with Gasteiger partial charge in [0.15, 0.2) is 0 Å². The number of benzene rings is 1. The van der Waals surface area contributed by atoms with E-state index in [9.17, 15) is 4.79 Å². The number of hydrogen-bond donors (Lipinski definition) is 1. The first-order valence-corrected chi connectivity index (χ1v) is 10.3. The third-order valence-corrected chi connectivity index (χ3v) is 6.73. The minimum absolute atomic E-state index is 0. The minimum Gasteiger partial charge on any atom is -0.338 e. The van der Waals surface area contributed by atoms with Crippen LogP contribution in [0.4, 0.5) is 0 Å². The van der Waals surface area contributed by atoms with Gasteiger partial charge in [0.2, 0.25) is 0 Å². The predicted octanol–water partition coefficient (Wildman–Crippen LogP) is 4.40. The summed E-state index contributed by atoms with van der Waals surface area (Å²) >= 11 is 1.69. The topological polar surface area (TPSA) is 32.3 Å². The van der Waals surface area contributed by atoms with Crippen molar-refractivity contribution in [1.29, 1.82) is 0 Å². The SMILES string of the molecule is CCNCC1CCN(C(=O)c2cc3c(s2)-c2ccccc2CC3)CC1.Cl.